The van der Waals surface area contributed by atoms with Crippen LogP contribution in [-0.4, -0.2) is 45.2 Å². The number of rotatable bonds is 6. The molecule has 0 radical (unpaired) electrons. The lowest BCUT2D eigenvalue weighted by Crippen LogP contribution is -2.16. The number of nitrogens with one attached hydrogen (secondary N) is 2. The first-order valence-electron chi connectivity index (χ1n) is 10.1. The van der Waals surface area contributed by atoms with E-state index in [2.05, 4.69) is 20.4 Å². The van der Waals surface area contributed by atoms with Gasteiger partial charge in [0.05, 0.1) is 12.4 Å². The quantitative estimate of drug-likeness (QED) is 0.364. The van der Waals surface area contributed by atoms with Crippen molar-refractivity contribution in [2.45, 2.75) is 5.03 Å². The second-order valence-corrected chi connectivity index (χ2v) is 9.12. The van der Waals surface area contributed by atoms with Crippen molar-refractivity contribution in [1.29, 1.82) is 5.41 Å². The predicted molar refractivity (Wildman–Crippen MR) is 127 cm³/mol. The Kier molecular flexibility index (Phi) is 5.17. The number of pyridine rings is 2. The van der Waals surface area contributed by atoms with E-state index in [1.54, 1.807) is 56.0 Å². The summed E-state index contributed by atoms with van der Waals surface area (Å²) >= 11 is 0. The van der Waals surface area contributed by atoms with Crippen LogP contribution in [0.5, 0.6) is 0 Å². The molecule has 0 atom stereocenters. The summed E-state index contributed by atoms with van der Waals surface area (Å²) < 4.78 is 43.0. The van der Waals surface area contributed by atoms with Gasteiger partial charge in [-0.15, -0.1) is 0 Å². The van der Waals surface area contributed by atoms with E-state index in [4.69, 9.17) is 5.41 Å². The third-order valence-corrected chi connectivity index (χ3v) is 6.90. The summed E-state index contributed by atoms with van der Waals surface area (Å²) in [4.78, 5) is 8.53. The van der Waals surface area contributed by atoms with E-state index in [0.29, 0.717) is 27.9 Å². The first-order valence-corrected chi connectivity index (χ1v) is 11.6. The maximum Gasteiger partial charge on any atom is 0.301 e. The number of imidazole rings is 1. The second kappa shape index (κ2) is 8.19. The molecule has 34 heavy (non-hydrogen) atoms. The molecule has 0 aliphatic heterocycles. The molecule has 5 rings (SSSR count). The molecule has 170 valence electrons. The van der Waals surface area contributed by atoms with Gasteiger partial charge >= 0.3 is 10.0 Å². The van der Waals surface area contributed by atoms with Crippen LogP contribution in [0.15, 0.2) is 78.5 Å². The van der Waals surface area contributed by atoms with Crippen molar-refractivity contribution in [3.63, 3.8) is 0 Å². The Bertz CT molecular complexity index is 1690. The Morgan fingerprint density at radius 3 is 2.56 bits per heavy atom. The predicted octanol–water partition coefficient (Wildman–Crippen LogP) is 3.33. The van der Waals surface area contributed by atoms with Crippen LogP contribution in [0.4, 0.5) is 4.39 Å². The molecule has 5 aromatic rings. The maximum absolute atomic E-state index is 13.6. The average molecular weight is 476 g/mol. The number of hydrogen-bond acceptors (Lipinski definition) is 7. The standard InChI is InChI=1S/C23H18FN7O2S/c1-26-10-18(9-25)17-8-21-20(27-11-17)12-29-31(21)34(32,33)23-13-28-22-7-4-16(14-30(22)23)15-2-5-19(24)6-3-15/h2-14,25-26H,1H3/b18-10+,25-9?. The summed E-state index contributed by atoms with van der Waals surface area (Å²) in [5.74, 6) is -0.356. The lowest BCUT2D eigenvalue weighted by atomic mass is 10.1. The second-order valence-electron chi connectivity index (χ2n) is 7.40. The van der Waals surface area contributed by atoms with Crippen molar-refractivity contribution >= 4 is 38.5 Å². The van der Waals surface area contributed by atoms with Gasteiger partial charge in [-0.05, 0) is 41.5 Å². The highest BCUT2D eigenvalue weighted by molar-refractivity contribution is 7.90. The van der Waals surface area contributed by atoms with Crippen molar-refractivity contribution in [3.8, 4) is 11.1 Å². The largest absolute Gasteiger partial charge is 0.393 e. The normalized spacial score (nSPS) is 12.4. The first-order chi connectivity index (χ1) is 16.4. The minimum Gasteiger partial charge on any atom is -0.393 e. The summed E-state index contributed by atoms with van der Waals surface area (Å²) in [5, 5.41) is 14.5. The molecule has 2 N–H and O–H groups in total. The lowest BCUT2D eigenvalue weighted by Gasteiger charge is -2.08. The summed E-state index contributed by atoms with van der Waals surface area (Å²) in [7, 11) is -2.46. The van der Waals surface area contributed by atoms with Gasteiger partial charge in [-0.25, -0.2) is 9.37 Å². The Balaban J connectivity index is 1.66. The highest BCUT2D eigenvalue weighted by Gasteiger charge is 2.25. The minimum absolute atomic E-state index is 0.0834. The Morgan fingerprint density at radius 2 is 1.82 bits per heavy atom. The van der Waals surface area contributed by atoms with E-state index < -0.39 is 10.0 Å². The third-order valence-electron chi connectivity index (χ3n) is 5.32. The molecule has 0 spiro atoms. The molecule has 0 amide bonds. The van der Waals surface area contributed by atoms with Crippen LogP contribution >= 0.6 is 0 Å². The van der Waals surface area contributed by atoms with E-state index in [0.717, 1.165) is 15.9 Å². The van der Waals surface area contributed by atoms with Gasteiger partial charge in [0.2, 0.25) is 0 Å². The number of hydrogen-bond donors (Lipinski definition) is 2. The number of nitrogens with zero attached hydrogens (tertiary/aromatic N) is 5. The fraction of sp³-hybridized carbons (Fsp3) is 0.0435. The van der Waals surface area contributed by atoms with Crippen molar-refractivity contribution in [3.05, 3.63) is 84.8 Å². The van der Waals surface area contributed by atoms with Crippen LogP contribution in [-0.2, 0) is 10.0 Å². The van der Waals surface area contributed by atoms with Gasteiger partial charge in [0.25, 0.3) is 0 Å². The smallest absolute Gasteiger partial charge is 0.301 e. The zero-order valence-corrected chi connectivity index (χ0v) is 18.7. The molecule has 4 aromatic heterocycles. The van der Waals surface area contributed by atoms with E-state index in [9.17, 15) is 12.8 Å². The van der Waals surface area contributed by atoms with Crippen LogP contribution in [0.1, 0.15) is 5.56 Å². The van der Waals surface area contributed by atoms with Gasteiger partial charge in [-0.1, -0.05) is 12.1 Å². The number of fused-ring (bicyclic) bond motifs is 2. The number of allylic oxidation sites excluding steroid dienone is 1. The molecular formula is C23H18FN7O2S. The molecule has 9 nitrogen and oxygen atoms in total. The van der Waals surface area contributed by atoms with Crippen molar-refractivity contribution in [2.75, 3.05) is 7.05 Å². The maximum atomic E-state index is 13.6. The Hall–Kier alpha value is -4.38. The Labute approximate surface area is 193 Å². The first kappa shape index (κ1) is 21.5. The number of benzene rings is 1. The van der Waals surface area contributed by atoms with Crippen LogP contribution in [0.2, 0.25) is 0 Å². The molecule has 4 heterocycles. The van der Waals surface area contributed by atoms with Crippen LogP contribution in [0, 0.1) is 11.2 Å². The minimum atomic E-state index is -4.16. The van der Waals surface area contributed by atoms with Gasteiger partial charge in [-0.2, -0.15) is 17.6 Å². The molecule has 0 aliphatic carbocycles. The summed E-state index contributed by atoms with van der Waals surface area (Å²) in [6, 6.07) is 11.0. The summed E-state index contributed by atoms with van der Waals surface area (Å²) in [5.41, 5.74) is 3.61. The zero-order valence-electron chi connectivity index (χ0n) is 17.8. The van der Waals surface area contributed by atoms with Crippen LogP contribution in [0.25, 0.3) is 33.4 Å². The van der Waals surface area contributed by atoms with E-state index in [1.165, 1.54) is 28.9 Å². The Morgan fingerprint density at radius 1 is 1.06 bits per heavy atom. The van der Waals surface area contributed by atoms with Crippen molar-refractivity contribution in [2.24, 2.45) is 0 Å². The molecule has 0 bridgehead atoms. The topological polar surface area (TPSA) is 118 Å². The molecule has 0 saturated carbocycles. The molecule has 11 heteroatoms. The van der Waals surface area contributed by atoms with Crippen LogP contribution < -0.4 is 5.32 Å². The SMILES string of the molecule is CN/C=C(\C=N)c1cnc2cnn(S(=O)(=O)c3cnc4ccc(-c5ccc(F)cc5)cn34)c2c1. The van der Waals surface area contributed by atoms with E-state index >= 15 is 0 Å². The molecular weight excluding hydrogens is 457 g/mol. The lowest BCUT2D eigenvalue weighted by molar-refractivity contribution is 0.577. The monoisotopic (exact) mass is 475 g/mol. The van der Waals surface area contributed by atoms with Crippen molar-refractivity contribution < 1.29 is 12.8 Å². The van der Waals surface area contributed by atoms with Gasteiger partial charge in [0.15, 0.2) is 5.03 Å². The zero-order chi connectivity index (χ0) is 23.9. The fourth-order valence-corrected chi connectivity index (χ4v) is 4.98. The van der Waals surface area contributed by atoms with Gasteiger partial charge < -0.3 is 10.7 Å². The molecule has 0 fully saturated rings. The molecule has 0 saturated heterocycles. The number of halogens is 1. The number of aromatic nitrogens is 5. The summed E-state index contributed by atoms with van der Waals surface area (Å²) in [6.07, 6.45) is 8.60. The average Bonchev–Trinajstić information content (AvgIpc) is 3.47. The van der Waals surface area contributed by atoms with Crippen LogP contribution in [0.3, 0.4) is 0 Å². The van der Waals surface area contributed by atoms with Gasteiger partial charge in [0.1, 0.15) is 22.5 Å². The molecule has 0 aliphatic rings. The highest BCUT2D eigenvalue weighted by Crippen LogP contribution is 2.25. The van der Waals surface area contributed by atoms with Gasteiger partial charge in [0, 0.05) is 43.0 Å². The van der Waals surface area contributed by atoms with Crippen molar-refractivity contribution in [1.82, 2.24) is 28.9 Å². The molecule has 0 unspecified atom stereocenters. The summed E-state index contributed by atoms with van der Waals surface area (Å²) in [6.45, 7) is 0. The van der Waals surface area contributed by atoms with E-state index in [-0.39, 0.29) is 16.4 Å². The van der Waals surface area contributed by atoms with E-state index in [1.807, 2.05) is 0 Å². The fourth-order valence-electron chi connectivity index (χ4n) is 3.65. The van der Waals surface area contributed by atoms with Gasteiger partial charge in [-0.3, -0.25) is 9.38 Å². The molecule has 1 aromatic carbocycles. The highest BCUT2D eigenvalue weighted by atomic mass is 32.2. The third kappa shape index (κ3) is 3.52.